The molecule has 0 aliphatic carbocycles. The van der Waals surface area contributed by atoms with Gasteiger partial charge in [-0.05, 0) is 37.1 Å². The summed E-state index contributed by atoms with van der Waals surface area (Å²) in [5, 5.41) is 15.0. The van der Waals surface area contributed by atoms with Gasteiger partial charge >= 0.3 is 6.18 Å². The van der Waals surface area contributed by atoms with E-state index in [9.17, 15) is 28.1 Å². The molecule has 0 radical (unpaired) electrons. The van der Waals surface area contributed by atoms with Gasteiger partial charge in [0.15, 0.2) is 0 Å². The van der Waals surface area contributed by atoms with Crippen molar-refractivity contribution in [1.29, 1.82) is 0 Å². The number of rotatable bonds is 5. The van der Waals surface area contributed by atoms with Gasteiger partial charge in [-0.25, -0.2) is 4.98 Å². The van der Waals surface area contributed by atoms with Gasteiger partial charge in [0.1, 0.15) is 10.7 Å². The van der Waals surface area contributed by atoms with Gasteiger partial charge in [0.2, 0.25) is 5.91 Å². The van der Waals surface area contributed by atoms with Gasteiger partial charge in [-0.15, -0.1) is 11.3 Å². The second-order valence-corrected chi connectivity index (χ2v) is 8.63. The molecule has 0 unspecified atom stereocenters. The molecular weight excluding hydrogens is 445 g/mol. The molecule has 0 atom stereocenters. The number of piperidine rings is 1. The van der Waals surface area contributed by atoms with Crippen molar-refractivity contribution in [2.75, 3.05) is 18.0 Å². The molecule has 168 valence electrons. The van der Waals surface area contributed by atoms with Crippen LogP contribution >= 0.6 is 11.3 Å². The van der Waals surface area contributed by atoms with Crippen LogP contribution < -0.4 is 10.2 Å². The predicted molar refractivity (Wildman–Crippen MR) is 115 cm³/mol. The first-order valence-corrected chi connectivity index (χ1v) is 10.8. The number of para-hydroxylation sites is 1. The molecule has 1 fully saturated rings. The van der Waals surface area contributed by atoms with Gasteiger partial charge in [-0.2, -0.15) is 13.2 Å². The fourth-order valence-corrected chi connectivity index (χ4v) is 4.71. The maximum absolute atomic E-state index is 12.9. The van der Waals surface area contributed by atoms with E-state index in [4.69, 9.17) is 0 Å². The van der Waals surface area contributed by atoms with Crippen molar-refractivity contribution < 1.29 is 22.9 Å². The summed E-state index contributed by atoms with van der Waals surface area (Å²) in [6.07, 6.45) is -3.76. The fourth-order valence-electron chi connectivity index (χ4n) is 3.80. The average molecular weight is 464 g/mol. The fraction of sp³-hybridized carbons (Fsp3) is 0.333. The third-order valence-electron chi connectivity index (χ3n) is 5.46. The molecule has 11 heteroatoms. The highest BCUT2D eigenvalue weighted by molar-refractivity contribution is 7.18. The standard InChI is InChI=1S/C21H19F3N4O3S/c22-21(23,24)14-5-6-16(17(11-14)28(30)31)27-9-7-13(8-10-27)20(29)25-12-19-26-15-3-1-2-4-18(15)32-19/h1-6,11,13H,7-10,12H2,(H,25,29). The second-order valence-electron chi connectivity index (χ2n) is 7.51. The molecule has 1 saturated heterocycles. The minimum absolute atomic E-state index is 0.120. The maximum Gasteiger partial charge on any atom is 0.416 e. The summed E-state index contributed by atoms with van der Waals surface area (Å²) in [6.45, 7) is 1.000. The minimum atomic E-state index is -4.66. The van der Waals surface area contributed by atoms with Crippen molar-refractivity contribution in [3.05, 3.63) is 63.1 Å². The highest BCUT2D eigenvalue weighted by Gasteiger charge is 2.34. The normalized spacial score (nSPS) is 15.2. The lowest BCUT2D eigenvalue weighted by molar-refractivity contribution is -0.384. The van der Waals surface area contributed by atoms with Crippen LogP contribution in [0.1, 0.15) is 23.4 Å². The Morgan fingerprint density at radius 3 is 2.59 bits per heavy atom. The van der Waals surface area contributed by atoms with E-state index < -0.39 is 22.4 Å². The van der Waals surface area contributed by atoms with Crippen molar-refractivity contribution in [3.63, 3.8) is 0 Å². The van der Waals surface area contributed by atoms with Crippen LogP contribution in [0.3, 0.4) is 0 Å². The second kappa shape index (κ2) is 8.73. The van der Waals surface area contributed by atoms with Crippen LogP contribution in [0, 0.1) is 16.0 Å². The number of carbonyl (C=O) groups is 1. The number of fused-ring (bicyclic) bond motifs is 1. The van der Waals surface area contributed by atoms with Crippen LogP contribution in [-0.4, -0.2) is 28.9 Å². The molecule has 32 heavy (non-hydrogen) atoms. The van der Waals surface area contributed by atoms with Crippen molar-refractivity contribution >= 4 is 38.8 Å². The number of alkyl halides is 3. The van der Waals surface area contributed by atoms with Crippen LogP contribution in [0.25, 0.3) is 10.2 Å². The number of carbonyl (C=O) groups excluding carboxylic acids is 1. The number of hydrogen-bond donors (Lipinski definition) is 1. The Bertz CT molecular complexity index is 1120. The van der Waals surface area contributed by atoms with Gasteiger partial charge in [-0.3, -0.25) is 14.9 Å². The lowest BCUT2D eigenvalue weighted by Crippen LogP contribution is -2.40. The highest BCUT2D eigenvalue weighted by atomic mass is 32.1. The number of nitro groups is 1. The number of nitrogens with zero attached hydrogens (tertiary/aromatic N) is 3. The zero-order chi connectivity index (χ0) is 22.9. The maximum atomic E-state index is 12.9. The Morgan fingerprint density at radius 1 is 1.22 bits per heavy atom. The number of nitrogens with one attached hydrogen (secondary N) is 1. The molecule has 0 bridgehead atoms. The summed E-state index contributed by atoms with van der Waals surface area (Å²) in [5.41, 5.74) is -0.625. The summed E-state index contributed by atoms with van der Waals surface area (Å²) in [7, 11) is 0. The lowest BCUT2D eigenvalue weighted by Gasteiger charge is -2.32. The first-order valence-electron chi connectivity index (χ1n) is 9.95. The monoisotopic (exact) mass is 464 g/mol. The summed E-state index contributed by atoms with van der Waals surface area (Å²) in [6, 6.07) is 10.2. The third-order valence-corrected chi connectivity index (χ3v) is 6.49. The van der Waals surface area contributed by atoms with Crippen LogP contribution in [-0.2, 0) is 17.5 Å². The number of benzene rings is 2. The first-order chi connectivity index (χ1) is 15.2. The van der Waals surface area contributed by atoms with E-state index in [1.54, 1.807) is 4.90 Å². The van der Waals surface area contributed by atoms with Crippen LogP contribution in [0.2, 0.25) is 0 Å². The topological polar surface area (TPSA) is 88.4 Å². The molecule has 1 aromatic heterocycles. The Labute approximate surface area is 185 Å². The number of nitro benzene ring substituents is 1. The van der Waals surface area contributed by atoms with Gasteiger partial charge in [0.25, 0.3) is 5.69 Å². The molecular formula is C21H19F3N4O3S. The molecule has 3 aromatic rings. The van der Waals surface area contributed by atoms with E-state index in [0.29, 0.717) is 38.5 Å². The smallest absolute Gasteiger partial charge is 0.366 e. The van der Waals surface area contributed by atoms with Crippen molar-refractivity contribution in [1.82, 2.24) is 10.3 Å². The molecule has 1 aliphatic heterocycles. The Morgan fingerprint density at radius 2 is 1.94 bits per heavy atom. The number of amides is 1. The Balaban J connectivity index is 1.37. The molecule has 4 rings (SSSR count). The lowest BCUT2D eigenvalue weighted by atomic mass is 9.95. The zero-order valence-electron chi connectivity index (χ0n) is 16.8. The molecule has 7 nitrogen and oxygen atoms in total. The van der Waals surface area contributed by atoms with E-state index in [2.05, 4.69) is 10.3 Å². The predicted octanol–water partition coefficient (Wildman–Crippen LogP) is 4.76. The van der Waals surface area contributed by atoms with Crippen LogP contribution in [0.5, 0.6) is 0 Å². The van der Waals surface area contributed by atoms with Crippen LogP contribution in [0.15, 0.2) is 42.5 Å². The third kappa shape index (κ3) is 4.67. The minimum Gasteiger partial charge on any atom is -0.366 e. The number of thiazole rings is 1. The summed E-state index contributed by atoms with van der Waals surface area (Å²) < 4.78 is 39.8. The number of halogens is 3. The average Bonchev–Trinajstić information content (AvgIpc) is 3.19. The van der Waals surface area contributed by atoms with Gasteiger partial charge < -0.3 is 10.2 Å². The Kier molecular flexibility index (Phi) is 6.00. The van der Waals surface area contributed by atoms with E-state index in [1.807, 2.05) is 24.3 Å². The molecule has 0 saturated carbocycles. The number of hydrogen-bond acceptors (Lipinski definition) is 6. The van der Waals surface area contributed by atoms with E-state index in [0.717, 1.165) is 27.4 Å². The number of anilines is 1. The zero-order valence-corrected chi connectivity index (χ0v) is 17.6. The van der Waals surface area contributed by atoms with E-state index >= 15 is 0 Å². The molecule has 2 heterocycles. The molecule has 2 aromatic carbocycles. The SMILES string of the molecule is O=C(NCc1nc2ccccc2s1)C1CCN(c2ccc(C(F)(F)F)cc2[N+](=O)[O-])CC1. The van der Waals surface area contributed by atoms with Crippen molar-refractivity contribution in [3.8, 4) is 0 Å². The molecule has 0 spiro atoms. The van der Waals surface area contributed by atoms with Crippen LogP contribution in [0.4, 0.5) is 24.5 Å². The number of aromatic nitrogens is 1. The van der Waals surface area contributed by atoms with Gasteiger partial charge in [0.05, 0.1) is 27.2 Å². The largest absolute Gasteiger partial charge is 0.416 e. The van der Waals surface area contributed by atoms with E-state index in [-0.39, 0.29) is 17.5 Å². The summed E-state index contributed by atoms with van der Waals surface area (Å²) >= 11 is 1.51. The molecule has 1 amide bonds. The Hall–Kier alpha value is -3.21. The van der Waals surface area contributed by atoms with Gasteiger partial charge in [0, 0.05) is 25.1 Å². The summed E-state index contributed by atoms with van der Waals surface area (Å²) in [5.74, 6) is -0.389. The van der Waals surface area contributed by atoms with E-state index in [1.165, 1.54) is 11.3 Å². The quantitative estimate of drug-likeness (QED) is 0.435. The van der Waals surface area contributed by atoms with Gasteiger partial charge in [-0.1, -0.05) is 12.1 Å². The van der Waals surface area contributed by atoms with Crippen molar-refractivity contribution in [2.45, 2.75) is 25.6 Å². The van der Waals surface area contributed by atoms with Crippen molar-refractivity contribution in [2.24, 2.45) is 5.92 Å². The molecule has 1 N–H and O–H groups in total. The summed E-state index contributed by atoms with van der Waals surface area (Å²) in [4.78, 5) is 29.3. The first kappa shape index (κ1) is 22.0. The molecule has 1 aliphatic rings. The highest BCUT2D eigenvalue weighted by Crippen LogP contribution is 2.37.